The molecular formula is C14H30O7. The monoisotopic (exact) mass is 310 g/mol. The van der Waals surface area contributed by atoms with Crippen LogP contribution in [-0.2, 0) is 14.2 Å². The van der Waals surface area contributed by atoms with Crippen LogP contribution in [0.25, 0.3) is 0 Å². The molecule has 7 heteroatoms. The van der Waals surface area contributed by atoms with Gasteiger partial charge < -0.3 is 34.6 Å². The molecule has 128 valence electrons. The second-order valence-electron chi connectivity index (χ2n) is 5.33. The highest BCUT2D eigenvalue weighted by molar-refractivity contribution is 4.92. The number of aliphatic hydroxyl groups excluding tert-OH is 4. The highest BCUT2D eigenvalue weighted by atomic mass is 16.5. The third-order valence-electron chi connectivity index (χ3n) is 3.55. The van der Waals surface area contributed by atoms with E-state index in [1.54, 1.807) is 0 Å². The van der Waals surface area contributed by atoms with Gasteiger partial charge in [0.1, 0.15) is 12.2 Å². The number of aliphatic hydroxyl groups is 4. The van der Waals surface area contributed by atoms with Gasteiger partial charge >= 0.3 is 0 Å². The van der Waals surface area contributed by atoms with E-state index in [4.69, 9.17) is 14.2 Å². The number of hydrogen-bond acceptors (Lipinski definition) is 7. The Morgan fingerprint density at radius 1 is 0.810 bits per heavy atom. The molecule has 0 amide bonds. The Hall–Kier alpha value is -0.280. The molecule has 5 atom stereocenters. The maximum atomic E-state index is 9.80. The first kappa shape index (κ1) is 18.8. The van der Waals surface area contributed by atoms with Gasteiger partial charge in [-0.3, -0.25) is 0 Å². The first-order valence-electron chi connectivity index (χ1n) is 7.53. The lowest BCUT2D eigenvalue weighted by atomic mass is 9.81. The summed E-state index contributed by atoms with van der Waals surface area (Å²) < 4.78 is 15.9. The Balaban J connectivity index is 0.00000441. The van der Waals surface area contributed by atoms with E-state index in [0.29, 0.717) is 26.4 Å². The fraction of sp³-hybridized carbons (Fsp3) is 1.00. The minimum atomic E-state index is -1.34. The molecule has 1 saturated carbocycles. The summed E-state index contributed by atoms with van der Waals surface area (Å²) in [5, 5.41) is 38.4. The van der Waals surface area contributed by atoms with E-state index in [-0.39, 0.29) is 14.5 Å². The van der Waals surface area contributed by atoms with Crippen LogP contribution in [0.4, 0.5) is 0 Å². The van der Waals surface area contributed by atoms with Gasteiger partial charge in [-0.1, -0.05) is 6.92 Å². The molecule has 1 rings (SSSR count). The molecule has 4 N–H and O–H groups in total. The van der Waals surface area contributed by atoms with Crippen molar-refractivity contribution in [2.24, 2.45) is 5.92 Å². The molecule has 0 aromatic rings. The molecule has 0 bridgehead atoms. The molecule has 2 unspecified atom stereocenters. The van der Waals surface area contributed by atoms with E-state index in [0.717, 1.165) is 13.0 Å². The summed E-state index contributed by atoms with van der Waals surface area (Å²) in [6.07, 6.45) is -3.59. The zero-order valence-corrected chi connectivity index (χ0v) is 12.6. The molecular weight excluding hydrogens is 280 g/mol. The van der Waals surface area contributed by atoms with Gasteiger partial charge in [-0.05, 0) is 12.8 Å². The van der Waals surface area contributed by atoms with Crippen LogP contribution in [0, 0.1) is 5.92 Å². The number of rotatable bonds is 10. The smallest absolute Gasteiger partial charge is 0.109 e. The van der Waals surface area contributed by atoms with E-state index >= 15 is 0 Å². The van der Waals surface area contributed by atoms with Gasteiger partial charge in [0.25, 0.3) is 0 Å². The molecule has 0 radical (unpaired) electrons. The first-order valence-corrected chi connectivity index (χ1v) is 7.53. The molecule has 0 aromatic carbocycles. The molecule has 7 nitrogen and oxygen atoms in total. The van der Waals surface area contributed by atoms with Crippen molar-refractivity contribution in [1.82, 2.24) is 0 Å². The van der Waals surface area contributed by atoms with Crippen molar-refractivity contribution >= 4 is 0 Å². The van der Waals surface area contributed by atoms with Crippen molar-refractivity contribution in [3.63, 3.8) is 0 Å². The van der Waals surface area contributed by atoms with Gasteiger partial charge in [0.15, 0.2) is 0 Å². The summed E-state index contributed by atoms with van der Waals surface area (Å²) in [5.74, 6) is -0.397. The van der Waals surface area contributed by atoms with Crippen molar-refractivity contribution in [3.05, 3.63) is 0 Å². The van der Waals surface area contributed by atoms with Gasteiger partial charge in [0.05, 0.1) is 45.2 Å². The highest BCUT2D eigenvalue weighted by Crippen LogP contribution is 2.26. The average molecular weight is 310 g/mol. The highest BCUT2D eigenvalue weighted by Gasteiger charge is 2.41. The van der Waals surface area contributed by atoms with E-state index in [1.807, 2.05) is 6.92 Å². The van der Waals surface area contributed by atoms with Crippen molar-refractivity contribution in [2.75, 3.05) is 39.6 Å². The van der Waals surface area contributed by atoms with Gasteiger partial charge in [0.2, 0.25) is 0 Å². The molecule has 1 aliphatic rings. The van der Waals surface area contributed by atoms with Crippen LogP contribution in [0.2, 0.25) is 0 Å². The van der Waals surface area contributed by atoms with Crippen LogP contribution in [0.15, 0.2) is 0 Å². The summed E-state index contributed by atoms with van der Waals surface area (Å²) >= 11 is 0. The normalized spacial score (nSPS) is 33.3. The van der Waals surface area contributed by atoms with E-state index < -0.39 is 30.3 Å². The van der Waals surface area contributed by atoms with Crippen molar-refractivity contribution in [1.29, 1.82) is 0 Å². The lowest BCUT2D eigenvalue weighted by Gasteiger charge is -2.38. The topological polar surface area (TPSA) is 109 Å². The maximum Gasteiger partial charge on any atom is 0.109 e. The minimum absolute atomic E-state index is 0. The van der Waals surface area contributed by atoms with Crippen molar-refractivity contribution < 1.29 is 36.1 Å². The molecule has 0 saturated heterocycles. The predicted octanol–water partition coefficient (Wildman–Crippen LogP) is -0.844. The molecule has 0 aromatic heterocycles. The Morgan fingerprint density at radius 3 is 2.00 bits per heavy atom. The van der Waals surface area contributed by atoms with Gasteiger partial charge in [-0.15, -0.1) is 0 Å². The largest absolute Gasteiger partial charge is 0.390 e. The van der Waals surface area contributed by atoms with Gasteiger partial charge in [-0.25, -0.2) is 0 Å². The molecule has 0 aliphatic heterocycles. The van der Waals surface area contributed by atoms with Crippen molar-refractivity contribution in [2.45, 2.75) is 44.2 Å². The summed E-state index contributed by atoms with van der Waals surface area (Å²) in [6, 6.07) is 0. The Labute approximate surface area is 126 Å². The van der Waals surface area contributed by atoms with Gasteiger partial charge in [-0.2, -0.15) is 0 Å². The lowest BCUT2D eigenvalue weighted by Crippen LogP contribution is -2.54. The quantitative estimate of drug-likeness (QED) is 0.389. The zero-order chi connectivity index (χ0) is 15.7. The third-order valence-corrected chi connectivity index (χ3v) is 3.55. The second-order valence-corrected chi connectivity index (χ2v) is 5.33. The Bertz CT molecular complexity index is 270. The van der Waals surface area contributed by atoms with Crippen LogP contribution in [-0.4, -0.2) is 84.5 Å². The minimum Gasteiger partial charge on any atom is -0.390 e. The summed E-state index contributed by atoms with van der Waals surface area (Å²) in [7, 11) is 0. The molecule has 1 aliphatic carbocycles. The third kappa shape index (κ3) is 6.56. The van der Waals surface area contributed by atoms with E-state index in [9.17, 15) is 20.4 Å². The SMILES string of the molecule is CCCOCCOCCOCC1C[C@H](O)C(O)[C@@H](O)[C@@H]1O.[HH]. The summed E-state index contributed by atoms with van der Waals surface area (Å²) in [5.41, 5.74) is 0. The van der Waals surface area contributed by atoms with Crippen LogP contribution in [0.3, 0.4) is 0 Å². The predicted molar refractivity (Wildman–Crippen MR) is 77.0 cm³/mol. The molecule has 0 heterocycles. The molecule has 21 heavy (non-hydrogen) atoms. The van der Waals surface area contributed by atoms with Crippen LogP contribution in [0.1, 0.15) is 21.2 Å². The van der Waals surface area contributed by atoms with Crippen LogP contribution >= 0.6 is 0 Å². The van der Waals surface area contributed by atoms with Gasteiger partial charge in [0, 0.05) is 14.0 Å². The maximum absolute atomic E-state index is 9.80. The zero-order valence-electron chi connectivity index (χ0n) is 12.6. The average Bonchev–Trinajstić information content (AvgIpc) is 2.48. The standard InChI is InChI=1S/C14H28O7.H2/c1-2-3-19-4-5-20-6-7-21-9-10-8-11(15)13(17)14(18)12(10)16;/h10-18H,2-9H2,1H3;1H/t10?,11-,12+,13?,14-;/m0./s1. The fourth-order valence-corrected chi connectivity index (χ4v) is 2.28. The molecule has 1 fully saturated rings. The first-order chi connectivity index (χ1) is 10.1. The van der Waals surface area contributed by atoms with Crippen molar-refractivity contribution in [3.8, 4) is 0 Å². The summed E-state index contributed by atoms with van der Waals surface area (Å²) in [4.78, 5) is 0. The fourth-order valence-electron chi connectivity index (χ4n) is 2.28. The van der Waals surface area contributed by atoms with E-state index in [1.165, 1.54) is 0 Å². The number of ether oxygens (including phenoxy) is 3. The number of hydrogen-bond donors (Lipinski definition) is 4. The Morgan fingerprint density at radius 2 is 1.38 bits per heavy atom. The van der Waals surface area contributed by atoms with Crippen LogP contribution in [0.5, 0.6) is 0 Å². The second kappa shape index (κ2) is 10.4. The Kier molecular flexibility index (Phi) is 9.34. The summed E-state index contributed by atoms with van der Waals surface area (Å²) in [6.45, 7) is 4.84. The lowest BCUT2D eigenvalue weighted by molar-refractivity contribution is -0.167. The van der Waals surface area contributed by atoms with E-state index in [2.05, 4.69) is 0 Å². The molecule has 0 spiro atoms. The van der Waals surface area contributed by atoms with Crippen LogP contribution < -0.4 is 0 Å².